The fraction of sp³-hybridized carbons (Fsp3) is 0.588. The number of amides is 1. The Balaban J connectivity index is 1.75. The first-order valence-electron chi connectivity index (χ1n) is 7.86. The summed E-state index contributed by atoms with van der Waals surface area (Å²) in [6.07, 6.45) is 3.34. The highest BCUT2D eigenvalue weighted by Gasteiger charge is 2.58. The molecule has 0 radical (unpaired) electrons. The van der Waals surface area contributed by atoms with Crippen LogP contribution in [-0.2, 0) is 4.79 Å². The molecule has 114 valence electrons. The lowest BCUT2D eigenvalue weighted by Gasteiger charge is -2.26. The highest BCUT2D eigenvalue weighted by Crippen LogP contribution is 2.59. The quantitative estimate of drug-likeness (QED) is 0.925. The van der Waals surface area contributed by atoms with Crippen LogP contribution in [0.5, 0.6) is 5.75 Å². The first-order valence-corrected chi connectivity index (χ1v) is 7.86. The molecule has 1 spiro atoms. The number of piperidine rings is 1. The second-order valence-electron chi connectivity index (χ2n) is 6.15. The van der Waals surface area contributed by atoms with Crippen molar-refractivity contribution in [3.8, 4) is 5.75 Å². The van der Waals surface area contributed by atoms with E-state index in [4.69, 9.17) is 4.74 Å². The van der Waals surface area contributed by atoms with E-state index in [1.54, 1.807) is 7.11 Å². The zero-order chi connectivity index (χ0) is 14.9. The third-order valence-corrected chi connectivity index (χ3v) is 5.03. The largest absolute Gasteiger partial charge is 0.497 e. The van der Waals surface area contributed by atoms with Crippen molar-refractivity contribution in [2.45, 2.75) is 26.2 Å². The maximum Gasteiger partial charge on any atom is 0.230 e. The summed E-state index contributed by atoms with van der Waals surface area (Å²) in [4.78, 5) is 14.8. The number of methoxy groups -OCH3 is 1. The number of rotatable bonds is 4. The minimum Gasteiger partial charge on any atom is -0.497 e. The number of ether oxygens (including phenoxy) is 1. The number of hydrogen-bond acceptors (Lipinski definition) is 3. The van der Waals surface area contributed by atoms with E-state index in [1.165, 1.54) is 0 Å². The van der Waals surface area contributed by atoms with Crippen LogP contribution in [0.2, 0.25) is 0 Å². The monoisotopic (exact) mass is 288 g/mol. The summed E-state index contributed by atoms with van der Waals surface area (Å²) in [5.41, 5.74) is 1.23. The number of carbonyl (C=O) groups is 1. The molecule has 1 saturated carbocycles. The molecular weight excluding hydrogens is 264 g/mol. The highest BCUT2D eigenvalue weighted by molar-refractivity contribution is 5.97. The van der Waals surface area contributed by atoms with Crippen LogP contribution in [-0.4, -0.2) is 32.7 Å². The molecular formula is C17H24N2O2. The molecule has 4 heteroatoms. The van der Waals surface area contributed by atoms with E-state index in [-0.39, 0.29) is 17.2 Å². The van der Waals surface area contributed by atoms with E-state index in [0.717, 1.165) is 43.8 Å². The molecule has 1 aromatic carbocycles. The zero-order valence-electron chi connectivity index (χ0n) is 12.9. The lowest BCUT2D eigenvalue weighted by Crippen LogP contribution is -2.36. The van der Waals surface area contributed by atoms with Crippen molar-refractivity contribution in [2.24, 2.45) is 11.3 Å². The van der Waals surface area contributed by atoms with Gasteiger partial charge in [-0.05, 0) is 56.8 Å². The van der Waals surface area contributed by atoms with Crippen LogP contribution >= 0.6 is 0 Å². The Labute approximate surface area is 126 Å². The van der Waals surface area contributed by atoms with Gasteiger partial charge in [-0.2, -0.15) is 0 Å². The molecule has 21 heavy (non-hydrogen) atoms. The van der Waals surface area contributed by atoms with Crippen LogP contribution in [0, 0.1) is 11.3 Å². The van der Waals surface area contributed by atoms with Gasteiger partial charge in [0.15, 0.2) is 0 Å². The second-order valence-corrected chi connectivity index (χ2v) is 6.15. The van der Waals surface area contributed by atoms with Gasteiger partial charge in [0.2, 0.25) is 5.91 Å². The molecule has 2 aliphatic rings. The van der Waals surface area contributed by atoms with E-state index in [0.29, 0.717) is 6.54 Å². The van der Waals surface area contributed by atoms with Crippen molar-refractivity contribution in [1.82, 2.24) is 5.32 Å². The maximum absolute atomic E-state index is 12.9. The maximum atomic E-state index is 12.9. The van der Waals surface area contributed by atoms with Crippen LogP contribution in [0.4, 0.5) is 5.69 Å². The van der Waals surface area contributed by atoms with E-state index in [2.05, 4.69) is 5.32 Å². The lowest BCUT2D eigenvalue weighted by atomic mass is 9.91. The molecule has 3 rings (SSSR count). The Morgan fingerprint density at radius 2 is 2.19 bits per heavy atom. The molecule has 1 aromatic rings. The van der Waals surface area contributed by atoms with Gasteiger partial charge in [-0.25, -0.2) is 0 Å². The van der Waals surface area contributed by atoms with Crippen molar-refractivity contribution in [3.05, 3.63) is 24.3 Å². The molecule has 0 aromatic heterocycles. The standard InChI is InChI=1S/C17H24N2O2/c1-3-19(13-5-4-6-14(11-13)21-2)16(20)15-12-17(15)7-9-18-10-8-17/h4-6,11,15,18H,3,7-10,12H2,1-2H3. The van der Waals surface area contributed by atoms with Gasteiger partial charge < -0.3 is 15.0 Å². The van der Waals surface area contributed by atoms with E-state index < -0.39 is 0 Å². The Kier molecular flexibility index (Phi) is 3.89. The van der Waals surface area contributed by atoms with E-state index in [1.807, 2.05) is 36.1 Å². The summed E-state index contributed by atoms with van der Waals surface area (Å²) in [5, 5.41) is 3.39. The molecule has 1 atom stereocenters. The number of nitrogens with one attached hydrogen (secondary N) is 1. The predicted octanol–water partition coefficient (Wildman–Crippen LogP) is 2.44. The van der Waals surface area contributed by atoms with Gasteiger partial charge in [-0.15, -0.1) is 0 Å². The summed E-state index contributed by atoms with van der Waals surface area (Å²) >= 11 is 0. The first-order chi connectivity index (χ1) is 10.2. The number of carbonyl (C=O) groups excluding carboxylic acids is 1. The van der Waals surface area contributed by atoms with E-state index in [9.17, 15) is 4.79 Å². The number of anilines is 1. The SMILES string of the molecule is CCN(C(=O)C1CC12CCNCC2)c1cccc(OC)c1. The third kappa shape index (κ3) is 2.64. The summed E-state index contributed by atoms with van der Waals surface area (Å²) < 4.78 is 5.27. The van der Waals surface area contributed by atoms with Crippen molar-refractivity contribution < 1.29 is 9.53 Å². The number of hydrogen-bond donors (Lipinski definition) is 1. The second kappa shape index (κ2) is 5.68. The Bertz CT molecular complexity index is 523. The molecule has 4 nitrogen and oxygen atoms in total. The molecule has 1 unspecified atom stereocenters. The summed E-state index contributed by atoms with van der Waals surface area (Å²) in [5.74, 6) is 1.30. The average molecular weight is 288 g/mol. The molecule has 0 bridgehead atoms. The molecule has 1 N–H and O–H groups in total. The van der Waals surface area contributed by atoms with Crippen LogP contribution in [0.25, 0.3) is 0 Å². The van der Waals surface area contributed by atoms with Gasteiger partial charge >= 0.3 is 0 Å². The first kappa shape index (κ1) is 14.4. The molecule has 1 heterocycles. The minimum atomic E-state index is 0.214. The average Bonchev–Trinajstić information content (AvgIpc) is 3.22. The summed E-state index contributed by atoms with van der Waals surface area (Å²) in [7, 11) is 1.65. The zero-order valence-corrected chi connectivity index (χ0v) is 12.9. The molecule has 1 aliphatic carbocycles. The van der Waals surface area contributed by atoms with Crippen molar-refractivity contribution in [1.29, 1.82) is 0 Å². The van der Waals surface area contributed by atoms with Crippen LogP contribution in [0.15, 0.2) is 24.3 Å². The lowest BCUT2D eigenvalue weighted by molar-refractivity contribution is -0.120. The fourth-order valence-corrected chi connectivity index (χ4v) is 3.61. The Hall–Kier alpha value is -1.55. The fourth-order valence-electron chi connectivity index (χ4n) is 3.61. The van der Waals surface area contributed by atoms with Crippen LogP contribution in [0.1, 0.15) is 26.2 Å². The highest BCUT2D eigenvalue weighted by atomic mass is 16.5. The number of benzene rings is 1. The van der Waals surface area contributed by atoms with Gasteiger partial charge in [0, 0.05) is 24.2 Å². The predicted molar refractivity (Wildman–Crippen MR) is 83.7 cm³/mol. The molecule has 1 aliphatic heterocycles. The Morgan fingerprint density at radius 1 is 1.43 bits per heavy atom. The molecule has 1 saturated heterocycles. The molecule has 1 amide bonds. The van der Waals surface area contributed by atoms with Crippen molar-refractivity contribution in [2.75, 3.05) is 31.6 Å². The normalized spacial score (nSPS) is 22.9. The van der Waals surface area contributed by atoms with Crippen molar-refractivity contribution in [3.63, 3.8) is 0 Å². The van der Waals surface area contributed by atoms with E-state index >= 15 is 0 Å². The smallest absolute Gasteiger partial charge is 0.230 e. The van der Waals surface area contributed by atoms with Crippen LogP contribution < -0.4 is 15.0 Å². The van der Waals surface area contributed by atoms with Crippen molar-refractivity contribution >= 4 is 11.6 Å². The van der Waals surface area contributed by atoms with Gasteiger partial charge in [-0.3, -0.25) is 4.79 Å². The van der Waals surface area contributed by atoms with Gasteiger partial charge in [0.25, 0.3) is 0 Å². The molecule has 2 fully saturated rings. The summed E-state index contributed by atoms with van der Waals surface area (Å²) in [6, 6.07) is 7.78. The van der Waals surface area contributed by atoms with Crippen LogP contribution in [0.3, 0.4) is 0 Å². The topological polar surface area (TPSA) is 41.6 Å². The van der Waals surface area contributed by atoms with Gasteiger partial charge in [0.05, 0.1) is 7.11 Å². The van der Waals surface area contributed by atoms with Gasteiger partial charge in [-0.1, -0.05) is 6.07 Å². The number of nitrogens with zero attached hydrogens (tertiary/aromatic N) is 1. The Morgan fingerprint density at radius 3 is 2.86 bits per heavy atom. The third-order valence-electron chi connectivity index (χ3n) is 5.03. The van der Waals surface area contributed by atoms with Gasteiger partial charge in [0.1, 0.15) is 5.75 Å². The summed E-state index contributed by atoms with van der Waals surface area (Å²) in [6.45, 7) is 4.84. The minimum absolute atomic E-state index is 0.214.